The van der Waals surface area contributed by atoms with Crippen molar-refractivity contribution < 1.29 is 0 Å². The van der Waals surface area contributed by atoms with Crippen molar-refractivity contribution in [2.24, 2.45) is 0 Å². The van der Waals surface area contributed by atoms with Crippen LogP contribution in [0, 0.1) is 0 Å². The van der Waals surface area contributed by atoms with Crippen LogP contribution in [0.1, 0.15) is 0 Å². The molecular formula is C40H24N4. The molecule has 10 aromatic rings. The van der Waals surface area contributed by atoms with Gasteiger partial charge in [-0.3, -0.25) is 4.57 Å². The van der Waals surface area contributed by atoms with E-state index < -0.39 is 0 Å². The SMILES string of the molecule is c1ccc(-c2ccc3c(-c4ccccc4)nc(-n4c5ccccc5c5c4c4cccc6c7ccccc7c5n64)nc3c2)cc1. The van der Waals surface area contributed by atoms with Gasteiger partial charge in [0, 0.05) is 32.5 Å². The highest BCUT2D eigenvalue weighted by atomic mass is 15.2. The average Bonchev–Trinajstić information content (AvgIpc) is 3.73. The number of hydrogen-bond acceptors (Lipinski definition) is 2. The van der Waals surface area contributed by atoms with Crippen molar-refractivity contribution in [3.63, 3.8) is 0 Å². The molecule has 0 fully saturated rings. The summed E-state index contributed by atoms with van der Waals surface area (Å²) >= 11 is 0. The lowest BCUT2D eigenvalue weighted by molar-refractivity contribution is 1.02. The van der Waals surface area contributed by atoms with Gasteiger partial charge in [0.25, 0.3) is 0 Å². The van der Waals surface area contributed by atoms with E-state index in [1.807, 2.05) is 6.07 Å². The minimum atomic E-state index is 0.672. The van der Waals surface area contributed by atoms with Crippen molar-refractivity contribution in [1.29, 1.82) is 0 Å². The van der Waals surface area contributed by atoms with Crippen LogP contribution >= 0.6 is 0 Å². The first kappa shape index (κ1) is 23.6. The number of para-hydroxylation sites is 1. The normalized spacial score (nSPS) is 12.1. The fraction of sp³-hybridized carbons (Fsp3) is 0. The van der Waals surface area contributed by atoms with Gasteiger partial charge < -0.3 is 4.40 Å². The third kappa shape index (κ3) is 3.11. The predicted molar refractivity (Wildman–Crippen MR) is 182 cm³/mol. The number of benzene rings is 5. The van der Waals surface area contributed by atoms with Crippen molar-refractivity contribution in [3.8, 4) is 28.3 Å². The zero-order valence-electron chi connectivity index (χ0n) is 23.6. The van der Waals surface area contributed by atoms with Gasteiger partial charge in [0.1, 0.15) is 0 Å². The van der Waals surface area contributed by atoms with Crippen molar-refractivity contribution in [2.75, 3.05) is 0 Å². The lowest BCUT2D eigenvalue weighted by Gasteiger charge is -2.13. The van der Waals surface area contributed by atoms with E-state index in [9.17, 15) is 0 Å². The Balaban J connectivity index is 1.37. The summed E-state index contributed by atoms with van der Waals surface area (Å²) in [5.74, 6) is 0.672. The number of hydrogen-bond donors (Lipinski definition) is 0. The monoisotopic (exact) mass is 560 g/mol. The molecule has 0 aliphatic carbocycles. The maximum atomic E-state index is 5.36. The van der Waals surface area contributed by atoms with Gasteiger partial charge in [-0.15, -0.1) is 0 Å². The molecule has 0 N–H and O–H groups in total. The molecule has 0 unspecified atom stereocenters. The molecule has 0 spiro atoms. The Morgan fingerprint density at radius 2 is 1.07 bits per heavy atom. The van der Waals surface area contributed by atoms with E-state index in [2.05, 4.69) is 148 Å². The Kier molecular flexibility index (Phi) is 4.69. The lowest BCUT2D eigenvalue weighted by atomic mass is 10.0. The van der Waals surface area contributed by atoms with Crippen LogP contribution in [0.5, 0.6) is 0 Å². The molecule has 0 amide bonds. The quantitative estimate of drug-likeness (QED) is 0.215. The highest BCUT2D eigenvalue weighted by molar-refractivity contribution is 6.30. The van der Waals surface area contributed by atoms with E-state index in [0.717, 1.165) is 44.3 Å². The highest BCUT2D eigenvalue weighted by Crippen LogP contribution is 2.44. The topological polar surface area (TPSA) is 35.1 Å². The second kappa shape index (κ2) is 8.76. The summed E-state index contributed by atoms with van der Waals surface area (Å²) < 4.78 is 4.70. The van der Waals surface area contributed by atoms with Crippen LogP contribution in [0.3, 0.4) is 0 Å². The van der Waals surface area contributed by atoms with E-state index in [1.54, 1.807) is 0 Å². The van der Waals surface area contributed by atoms with Crippen LogP contribution in [-0.2, 0) is 0 Å². The number of nitrogens with zero attached hydrogens (tertiary/aromatic N) is 4. The maximum absolute atomic E-state index is 5.36. The first-order chi connectivity index (χ1) is 21.8. The molecule has 204 valence electrons. The minimum absolute atomic E-state index is 0.672. The molecule has 10 rings (SSSR count). The molecule has 0 radical (unpaired) electrons. The molecule has 44 heavy (non-hydrogen) atoms. The summed E-state index contributed by atoms with van der Waals surface area (Å²) in [4.78, 5) is 10.7. The standard InChI is InChI=1S/C40H24N4/c1-3-12-25(13-4-1)27-22-23-30-32(24-27)41-40(42-37(30)26-14-5-2-6-15-26)44-34-19-10-9-18-31(34)36-38-29-17-8-7-16-28(29)33-20-11-21-35(39(36)44)43(33)38/h1-24H. The zero-order chi connectivity index (χ0) is 28.8. The van der Waals surface area contributed by atoms with E-state index in [4.69, 9.17) is 9.97 Å². The first-order valence-electron chi connectivity index (χ1n) is 14.9. The summed E-state index contributed by atoms with van der Waals surface area (Å²) in [7, 11) is 0. The van der Waals surface area contributed by atoms with Gasteiger partial charge >= 0.3 is 0 Å². The van der Waals surface area contributed by atoms with Gasteiger partial charge in [0.2, 0.25) is 5.95 Å². The van der Waals surface area contributed by atoms with Gasteiger partial charge in [-0.2, -0.15) is 0 Å². The Morgan fingerprint density at radius 3 is 1.89 bits per heavy atom. The Labute approximate surface area is 252 Å². The van der Waals surface area contributed by atoms with Crippen LogP contribution < -0.4 is 0 Å². The van der Waals surface area contributed by atoms with Gasteiger partial charge in [-0.05, 0) is 41.5 Å². The summed E-state index contributed by atoms with van der Waals surface area (Å²) in [6.07, 6.45) is 0. The third-order valence-corrected chi connectivity index (χ3v) is 9.07. The van der Waals surface area contributed by atoms with Crippen LogP contribution in [0.2, 0.25) is 0 Å². The fourth-order valence-corrected chi connectivity index (χ4v) is 7.20. The van der Waals surface area contributed by atoms with Crippen molar-refractivity contribution in [3.05, 3.63) is 146 Å². The number of pyridine rings is 1. The third-order valence-electron chi connectivity index (χ3n) is 9.07. The Bertz CT molecular complexity index is 2700. The van der Waals surface area contributed by atoms with Gasteiger partial charge in [0.05, 0.1) is 38.8 Å². The molecule has 4 nitrogen and oxygen atoms in total. The van der Waals surface area contributed by atoms with E-state index in [1.165, 1.54) is 38.1 Å². The molecule has 0 aliphatic rings. The largest absolute Gasteiger partial charge is 0.306 e. The smallest absolute Gasteiger partial charge is 0.235 e. The van der Waals surface area contributed by atoms with Crippen molar-refractivity contribution in [2.45, 2.75) is 0 Å². The van der Waals surface area contributed by atoms with Gasteiger partial charge in [-0.1, -0.05) is 115 Å². The molecule has 5 heterocycles. The van der Waals surface area contributed by atoms with Gasteiger partial charge in [0.15, 0.2) is 0 Å². The van der Waals surface area contributed by atoms with Crippen LogP contribution in [0.25, 0.3) is 88.4 Å². The molecule has 5 aromatic carbocycles. The maximum Gasteiger partial charge on any atom is 0.235 e. The summed E-state index contributed by atoms with van der Waals surface area (Å²) in [6.45, 7) is 0. The van der Waals surface area contributed by atoms with Crippen LogP contribution in [0.15, 0.2) is 146 Å². The zero-order valence-corrected chi connectivity index (χ0v) is 23.6. The number of fused-ring (bicyclic) bond motifs is 9. The molecule has 0 aliphatic heterocycles. The fourth-order valence-electron chi connectivity index (χ4n) is 7.20. The van der Waals surface area contributed by atoms with Gasteiger partial charge in [-0.25, -0.2) is 9.97 Å². The summed E-state index contributed by atoms with van der Waals surface area (Å²) in [5.41, 5.74) is 11.1. The van der Waals surface area contributed by atoms with E-state index in [-0.39, 0.29) is 0 Å². The van der Waals surface area contributed by atoms with E-state index in [0.29, 0.717) is 5.95 Å². The summed E-state index contributed by atoms with van der Waals surface area (Å²) in [5, 5.41) is 6.01. The molecular weight excluding hydrogens is 536 g/mol. The van der Waals surface area contributed by atoms with Crippen molar-refractivity contribution >= 4 is 60.0 Å². The minimum Gasteiger partial charge on any atom is -0.306 e. The highest BCUT2D eigenvalue weighted by Gasteiger charge is 2.25. The average molecular weight is 561 g/mol. The molecule has 0 saturated heterocycles. The second-order valence-electron chi connectivity index (χ2n) is 11.4. The second-order valence-corrected chi connectivity index (χ2v) is 11.4. The van der Waals surface area contributed by atoms with Crippen molar-refractivity contribution in [1.82, 2.24) is 18.9 Å². The lowest BCUT2D eigenvalue weighted by Crippen LogP contribution is -2.04. The number of aromatic nitrogens is 4. The number of rotatable bonds is 3. The van der Waals surface area contributed by atoms with Crippen LogP contribution in [-0.4, -0.2) is 18.9 Å². The molecule has 0 saturated carbocycles. The first-order valence-corrected chi connectivity index (χ1v) is 14.9. The van der Waals surface area contributed by atoms with E-state index >= 15 is 0 Å². The summed E-state index contributed by atoms with van der Waals surface area (Å²) in [6, 6.07) is 51.5. The Hall–Kier alpha value is -6.00. The molecule has 0 bridgehead atoms. The molecule has 5 aromatic heterocycles. The molecule has 4 heteroatoms. The van der Waals surface area contributed by atoms with Crippen LogP contribution in [0.4, 0.5) is 0 Å². The predicted octanol–water partition coefficient (Wildman–Crippen LogP) is 10.1. The molecule has 0 atom stereocenters. The Morgan fingerprint density at radius 1 is 0.409 bits per heavy atom.